The molecule has 2 aromatic carbocycles. The topological polar surface area (TPSA) is 131 Å². The summed E-state index contributed by atoms with van der Waals surface area (Å²) in [6, 6.07) is 17.3. The number of fused-ring (bicyclic) bond motifs is 3. The highest BCUT2D eigenvalue weighted by atomic mass is 16.5. The summed E-state index contributed by atoms with van der Waals surface area (Å²) in [5, 5.41) is 17.7. The summed E-state index contributed by atoms with van der Waals surface area (Å²) >= 11 is 0. The average Bonchev–Trinajstić information content (AvgIpc) is 3.44. The first-order valence-corrected chi connectivity index (χ1v) is 11.4. The minimum atomic E-state index is -1.23. The molecule has 2 amide bonds. The molecule has 9 nitrogen and oxygen atoms in total. The van der Waals surface area contributed by atoms with E-state index in [0.717, 1.165) is 22.3 Å². The fourth-order valence-corrected chi connectivity index (χ4v) is 4.45. The van der Waals surface area contributed by atoms with E-state index in [1.54, 1.807) is 6.92 Å². The molecule has 0 saturated carbocycles. The lowest BCUT2D eigenvalue weighted by molar-refractivity contribution is -0.127. The molecule has 3 aromatic rings. The van der Waals surface area contributed by atoms with Crippen molar-refractivity contribution in [3.8, 4) is 11.1 Å². The van der Waals surface area contributed by atoms with Gasteiger partial charge in [-0.05, 0) is 35.6 Å². The van der Waals surface area contributed by atoms with Gasteiger partial charge in [-0.25, -0.2) is 9.59 Å². The zero-order chi connectivity index (χ0) is 25.0. The molecule has 0 radical (unpaired) electrons. The highest BCUT2D eigenvalue weighted by Gasteiger charge is 2.35. The number of alkyl carbamates (subject to hydrolysis) is 1. The van der Waals surface area contributed by atoms with Crippen molar-refractivity contribution in [1.82, 2.24) is 15.8 Å². The first-order valence-electron chi connectivity index (χ1n) is 11.4. The van der Waals surface area contributed by atoms with Crippen LogP contribution in [-0.4, -0.2) is 40.4 Å². The van der Waals surface area contributed by atoms with Crippen LogP contribution in [0.1, 0.15) is 60.0 Å². The summed E-state index contributed by atoms with van der Waals surface area (Å²) in [4.78, 5) is 36.6. The number of carbonyl (C=O) groups is 3. The van der Waals surface area contributed by atoms with Crippen LogP contribution < -0.4 is 10.6 Å². The number of nitrogens with zero attached hydrogens (tertiary/aromatic N) is 1. The van der Waals surface area contributed by atoms with Gasteiger partial charge in [-0.15, -0.1) is 0 Å². The zero-order valence-electron chi connectivity index (χ0n) is 19.5. The van der Waals surface area contributed by atoms with Crippen molar-refractivity contribution >= 4 is 18.0 Å². The molecule has 0 aliphatic heterocycles. The van der Waals surface area contributed by atoms with E-state index in [4.69, 9.17) is 14.4 Å². The predicted molar refractivity (Wildman–Crippen MR) is 127 cm³/mol. The minimum absolute atomic E-state index is 0.0647. The van der Waals surface area contributed by atoms with Crippen molar-refractivity contribution in [3.63, 3.8) is 0 Å². The van der Waals surface area contributed by atoms with Gasteiger partial charge >= 0.3 is 12.1 Å². The van der Waals surface area contributed by atoms with Crippen molar-refractivity contribution < 1.29 is 28.8 Å². The van der Waals surface area contributed by atoms with Gasteiger partial charge in [0.05, 0.1) is 6.54 Å². The molecule has 0 bridgehead atoms. The fraction of sp³-hybridized carbons (Fsp3) is 0.308. The van der Waals surface area contributed by atoms with Crippen molar-refractivity contribution in [3.05, 3.63) is 77.2 Å². The summed E-state index contributed by atoms with van der Waals surface area (Å²) in [6.45, 7) is 3.60. The number of aromatic carboxylic acids is 1. The second-order valence-corrected chi connectivity index (χ2v) is 8.70. The monoisotopic (exact) mass is 477 g/mol. The first-order chi connectivity index (χ1) is 16.8. The number of aromatic nitrogens is 1. The molecule has 1 aliphatic rings. The standard InChI is InChI=1S/C26H27N3O6/c1-3-12-26(2,24(32)27-14-16-13-22(23(30)31)29-35-16)28-25(33)34-15-21-19-10-6-4-8-17(19)18-9-5-7-11-20(18)21/h4-11,13,21H,3,12,14-15H2,1-2H3,(H,27,32)(H,28,33)(H,30,31). The van der Waals surface area contributed by atoms with Crippen LogP contribution in [0.4, 0.5) is 4.79 Å². The van der Waals surface area contributed by atoms with Crippen LogP contribution in [0.2, 0.25) is 0 Å². The lowest BCUT2D eigenvalue weighted by Crippen LogP contribution is -2.56. The van der Waals surface area contributed by atoms with Crippen LogP contribution in [0, 0.1) is 0 Å². The third kappa shape index (κ3) is 5.03. The third-order valence-corrected chi connectivity index (χ3v) is 6.17. The summed E-state index contributed by atoms with van der Waals surface area (Å²) < 4.78 is 10.5. The first kappa shape index (κ1) is 24.0. The van der Waals surface area contributed by atoms with Crippen LogP contribution in [0.3, 0.4) is 0 Å². The zero-order valence-corrected chi connectivity index (χ0v) is 19.5. The number of hydrogen-bond donors (Lipinski definition) is 3. The van der Waals surface area contributed by atoms with Gasteiger partial charge in [0.15, 0.2) is 11.5 Å². The summed E-state index contributed by atoms with van der Waals surface area (Å²) in [5.74, 6) is -1.56. The maximum absolute atomic E-state index is 12.9. The smallest absolute Gasteiger partial charge is 0.408 e. The molecule has 4 rings (SSSR count). The van der Waals surface area contributed by atoms with Gasteiger partial charge in [0, 0.05) is 12.0 Å². The Kier molecular flexibility index (Phi) is 6.86. The number of carboxylic acid groups (broad SMARTS) is 1. The van der Waals surface area contributed by atoms with E-state index in [-0.39, 0.29) is 30.5 Å². The number of ether oxygens (including phenoxy) is 1. The van der Waals surface area contributed by atoms with E-state index in [0.29, 0.717) is 12.8 Å². The SMILES string of the molecule is CCCC(C)(NC(=O)OCC1c2ccccc2-c2ccccc21)C(=O)NCc1cc(C(=O)O)no1. The highest BCUT2D eigenvalue weighted by molar-refractivity contribution is 5.89. The number of carbonyl (C=O) groups excluding carboxylic acids is 2. The molecule has 3 N–H and O–H groups in total. The Labute approximate surface area is 202 Å². The lowest BCUT2D eigenvalue weighted by Gasteiger charge is -2.29. The van der Waals surface area contributed by atoms with Crippen molar-refractivity contribution in [2.24, 2.45) is 0 Å². The maximum Gasteiger partial charge on any atom is 0.408 e. The number of amides is 2. The van der Waals surface area contributed by atoms with Crippen LogP contribution >= 0.6 is 0 Å². The number of benzene rings is 2. The Hall–Kier alpha value is -4.14. The second kappa shape index (κ2) is 10.0. The van der Waals surface area contributed by atoms with E-state index in [1.807, 2.05) is 43.3 Å². The van der Waals surface area contributed by atoms with E-state index >= 15 is 0 Å². The molecule has 1 unspecified atom stereocenters. The van der Waals surface area contributed by atoms with Crippen molar-refractivity contribution in [2.75, 3.05) is 6.61 Å². The van der Waals surface area contributed by atoms with Gasteiger partial charge in [-0.1, -0.05) is 67.0 Å². The van der Waals surface area contributed by atoms with Crippen molar-refractivity contribution in [2.45, 2.75) is 44.7 Å². The Balaban J connectivity index is 1.39. The average molecular weight is 478 g/mol. The molecule has 1 aliphatic carbocycles. The fourth-order valence-electron chi connectivity index (χ4n) is 4.45. The molecular weight excluding hydrogens is 450 g/mol. The van der Waals surface area contributed by atoms with Crippen LogP contribution in [0.15, 0.2) is 59.1 Å². The molecule has 0 spiro atoms. The Morgan fingerprint density at radius 1 is 1.09 bits per heavy atom. The van der Waals surface area contributed by atoms with Crippen molar-refractivity contribution in [1.29, 1.82) is 0 Å². The number of carboxylic acids is 1. The molecule has 1 heterocycles. The molecule has 35 heavy (non-hydrogen) atoms. The quantitative estimate of drug-likeness (QED) is 0.423. The largest absolute Gasteiger partial charge is 0.476 e. The van der Waals surface area contributed by atoms with Crippen LogP contribution in [-0.2, 0) is 16.1 Å². The Morgan fingerprint density at radius 2 is 1.71 bits per heavy atom. The highest BCUT2D eigenvalue weighted by Crippen LogP contribution is 2.44. The third-order valence-electron chi connectivity index (χ3n) is 6.17. The van der Waals surface area contributed by atoms with E-state index in [2.05, 4.69) is 27.9 Å². The van der Waals surface area contributed by atoms with Gasteiger partial charge in [0.25, 0.3) is 0 Å². The molecule has 9 heteroatoms. The number of nitrogens with one attached hydrogen (secondary N) is 2. The Bertz CT molecular complexity index is 1210. The number of hydrogen-bond acceptors (Lipinski definition) is 6. The van der Waals surface area contributed by atoms with Crippen LogP contribution in [0.25, 0.3) is 11.1 Å². The molecule has 1 atom stereocenters. The summed E-state index contributed by atoms with van der Waals surface area (Å²) in [6.07, 6.45) is 0.324. The predicted octanol–water partition coefficient (Wildman–Crippen LogP) is 4.09. The number of rotatable bonds is 9. The normalized spacial score (nSPS) is 13.9. The summed E-state index contributed by atoms with van der Waals surface area (Å²) in [7, 11) is 0. The molecule has 1 aromatic heterocycles. The van der Waals surface area contributed by atoms with Gasteiger partial charge in [-0.3, -0.25) is 4.79 Å². The van der Waals surface area contributed by atoms with Gasteiger partial charge in [-0.2, -0.15) is 0 Å². The maximum atomic E-state index is 12.9. The van der Waals surface area contributed by atoms with Gasteiger partial charge in [0.1, 0.15) is 12.1 Å². The molecular formula is C26H27N3O6. The molecule has 182 valence electrons. The van der Waals surface area contributed by atoms with E-state index in [9.17, 15) is 14.4 Å². The van der Waals surface area contributed by atoms with E-state index < -0.39 is 23.5 Å². The Morgan fingerprint density at radius 3 is 2.29 bits per heavy atom. The second-order valence-electron chi connectivity index (χ2n) is 8.70. The van der Waals surface area contributed by atoms with Crippen LogP contribution in [0.5, 0.6) is 0 Å². The van der Waals surface area contributed by atoms with Gasteiger partial charge < -0.3 is 25.0 Å². The summed E-state index contributed by atoms with van der Waals surface area (Å²) in [5.41, 5.74) is 2.98. The molecule has 0 fully saturated rings. The van der Waals surface area contributed by atoms with E-state index in [1.165, 1.54) is 6.07 Å². The molecule has 0 saturated heterocycles. The van der Waals surface area contributed by atoms with Gasteiger partial charge in [0.2, 0.25) is 5.91 Å². The lowest BCUT2D eigenvalue weighted by atomic mass is 9.95. The minimum Gasteiger partial charge on any atom is -0.476 e.